The largest absolute Gasteiger partial charge is 0.485 e. The molecule has 8 heteroatoms. The Bertz CT molecular complexity index is 1010. The number of rotatable bonds is 8. The van der Waals surface area contributed by atoms with Crippen LogP contribution in [0, 0.1) is 13.8 Å². The van der Waals surface area contributed by atoms with Crippen molar-refractivity contribution in [1.82, 2.24) is 20.2 Å². The lowest BCUT2D eigenvalue weighted by Gasteiger charge is -2.16. The number of nitrogens with two attached hydrogens (primary N) is 1. The molecule has 1 aromatic heterocycles. The highest BCUT2D eigenvalue weighted by atomic mass is 32.2. The Balaban J connectivity index is 1.50. The lowest BCUT2D eigenvalue weighted by atomic mass is 10.1. The molecule has 1 aliphatic rings. The summed E-state index contributed by atoms with van der Waals surface area (Å²) >= 11 is 1.29. The molecule has 0 bridgehead atoms. The van der Waals surface area contributed by atoms with Crippen LogP contribution in [0.4, 0.5) is 0 Å². The lowest BCUT2D eigenvalue weighted by molar-refractivity contribution is -0.120. The van der Waals surface area contributed by atoms with Gasteiger partial charge in [0.1, 0.15) is 17.6 Å². The number of ether oxygens (including phenoxy) is 1. The maximum atomic E-state index is 12.8. The lowest BCUT2D eigenvalue weighted by Crippen LogP contribution is -2.30. The summed E-state index contributed by atoms with van der Waals surface area (Å²) in [5.41, 5.74) is 3.00. The molecule has 7 nitrogen and oxygen atoms in total. The van der Waals surface area contributed by atoms with Crippen molar-refractivity contribution in [2.45, 2.75) is 49.7 Å². The van der Waals surface area contributed by atoms with Crippen molar-refractivity contribution in [2.24, 2.45) is 0 Å². The molecule has 1 saturated carbocycles. The molecule has 30 heavy (non-hydrogen) atoms. The molecule has 2 aromatic carbocycles. The third-order valence-corrected chi connectivity index (χ3v) is 6.19. The number of para-hydroxylation sites is 1. The Morgan fingerprint density at radius 3 is 2.53 bits per heavy atom. The highest BCUT2D eigenvalue weighted by Gasteiger charge is 2.30. The summed E-state index contributed by atoms with van der Waals surface area (Å²) in [5, 5.41) is 11.5. The van der Waals surface area contributed by atoms with Crippen LogP contribution in [0.1, 0.15) is 40.6 Å². The second kappa shape index (κ2) is 8.79. The van der Waals surface area contributed by atoms with Crippen LogP contribution in [-0.4, -0.2) is 26.8 Å². The third-order valence-electron chi connectivity index (χ3n) is 4.98. The van der Waals surface area contributed by atoms with Gasteiger partial charge in [-0.1, -0.05) is 60.3 Å². The van der Waals surface area contributed by atoms with Gasteiger partial charge in [0, 0.05) is 6.04 Å². The molecule has 0 aliphatic heterocycles. The minimum absolute atomic E-state index is 0.0370. The maximum Gasteiger partial charge on any atom is 0.238 e. The number of carbonyl (C=O) groups excluding carboxylic acids is 1. The summed E-state index contributed by atoms with van der Waals surface area (Å²) < 4.78 is 7.36. The fraction of sp³-hybridized carbons (Fsp3) is 0.318. The molecular formula is C22H25N5O2S. The van der Waals surface area contributed by atoms with Gasteiger partial charge in [0.2, 0.25) is 11.1 Å². The number of hydrogen-bond donors (Lipinski definition) is 2. The second-order valence-corrected chi connectivity index (χ2v) is 8.54. The van der Waals surface area contributed by atoms with Crippen LogP contribution in [0.2, 0.25) is 0 Å². The molecule has 1 atom stereocenters. The van der Waals surface area contributed by atoms with Gasteiger partial charge in [-0.2, -0.15) is 0 Å². The van der Waals surface area contributed by atoms with E-state index in [4.69, 9.17) is 10.6 Å². The van der Waals surface area contributed by atoms with E-state index >= 15 is 0 Å². The average molecular weight is 424 g/mol. The SMILES string of the molecule is Cc1cccc(C)c1OCc1nnc(SC(C(=O)NC2CC2)c2ccccc2)n1N. The van der Waals surface area contributed by atoms with Gasteiger partial charge in [0.25, 0.3) is 0 Å². The highest BCUT2D eigenvalue weighted by Crippen LogP contribution is 2.35. The van der Waals surface area contributed by atoms with E-state index in [-0.39, 0.29) is 18.6 Å². The molecule has 3 aromatic rings. The van der Waals surface area contributed by atoms with Crippen molar-refractivity contribution in [3.05, 3.63) is 71.0 Å². The summed E-state index contributed by atoms with van der Waals surface area (Å²) in [6.45, 7) is 4.19. The fourth-order valence-corrected chi connectivity index (χ4v) is 4.15. The number of aromatic nitrogens is 3. The van der Waals surface area contributed by atoms with Gasteiger partial charge >= 0.3 is 0 Å². The molecule has 1 unspecified atom stereocenters. The topological polar surface area (TPSA) is 95.1 Å². The number of carbonyl (C=O) groups is 1. The first kappa shape index (κ1) is 20.3. The van der Waals surface area contributed by atoms with E-state index in [0.29, 0.717) is 11.0 Å². The summed E-state index contributed by atoms with van der Waals surface area (Å²) in [4.78, 5) is 12.8. The zero-order valence-corrected chi connectivity index (χ0v) is 17.9. The van der Waals surface area contributed by atoms with Crippen molar-refractivity contribution < 1.29 is 9.53 Å². The number of aryl methyl sites for hydroxylation is 2. The monoisotopic (exact) mass is 423 g/mol. The number of nitrogens with zero attached hydrogens (tertiary/aromatic N) is 3. The van der Waals surface area contributed by atoms with E-state index in [1.165, 1.54) is 16.4 Å². The summed E-state index contributed by atoms with van der Waals surface area (Å²) in [5.74, 6) is 7.52. The first-order valence-electron chi connectivity index (χ1n) is 9.93. The number of nitrogen functional groups attached to an aromatic ring is 1. The molecule has 1 fully saturated rings. The Kier molecular flexibility index (Phi) is 5.94. The summed E-state index contributed by atoms with van der Waals surface area (Å²) in [6.07, 6.45) is 2.07. The second-order valence-electron chi connectivity index (χ2n) is 7.47. The van der Waals surface area contributed by atoms with Crippen molar-refractivity contribution in [3.63, 3.8) is 0 Å². The summed E-state index contributed by atoms with van der Waals surface area (Å²) in [7, 11) is 0. The van der Waals surface area contributed by atoms with Gasteiger partial charge in [-0.15, -0.1) is 10.2 Å². The zero-order valence-electron chi connectivity index (χ0n) is 17.0. The predicted octanol–water partition coefficient (Wildman–Crippen LogP) is 3.30. The minimum Gasteiger partial charge on any atom is -0.485 e. The average Bonchev–Trinajstić information content (AvgIpc) is 3.49. The number of hydrogen-bond acceptors (Lipinski definition) is 6. The van der Waals surface area contributed by atoms with Gasteiger partial charge < -0.3 is 15.9 Å². The van der Waals surface area contributed by atoms with Crippen molar-refractivity contribution >= 4 is 17.7 Å². The first-order chi connectivity index (χ1) is 14.5. The van der Waals surface area contributed by atoms with Gasteiger partial charge in [0.05, 0.1) is 0 Å². The molecule has 1 amide bonds. The van der Waals surface area contributed by atoms with Crippen LogP contribution >= 0.6 is 11.8 Å². The molecule has 0 radical (unpaired) electrons. The van der Waals surface area contributed by atoms with Crippen LogP contribution in [0.5, 0.6) is 5.75 Å². The van der Waals surface area contributed by atoms with Crippen LogP contribution < -0.4 is 15.9 Å². The van der Waals surface area contributed by atoms with Crippen molar-refractivity contribution in [1.29, 1.82) is 0 Å². The van der Waals surface area contributed by atoms with Gasteiger partial charge in [0.15, 0.2) is 5.82 Å². The zero-order chi connectivity index (χ0) is 21.1. The van der Waals surface area contributed by atoms with Crippen LogP contribution in [0.15, 0.2) is 53.7 Å². The normalized spacial score (nSPS) is 14.3. The standard InChI is InChI=1S/C22H25N5O2S/c1-14-7-6-8-15(2)19(14)29-13-18-25-26-22(27(18)23)30-20(16-9-4-3-5-10-16)21(28)24-17-11-12-17/h3-10,17,20H,11-13,23H2,1-2H3,(H,24,28). The molecular weight excluding hydrogens is 398 g/mol. The Labute approximate surface area is 180 Å². The van der Waals surface area contributed by atoms with E-state index in [0.717, 1.165) is 35.3 Å². The quantitative estimate of drug-likeness (QED) is 0.426. The number of amides is 1. The predicted molar refractivity (Wildman–Crippen MR) is 117 cm³/mol. The Morgan fingerprint density at radius 1 is 1.17 bits per heavy atom. The molecule has 1 heterocycles. The molecule has 0 spiro atoms. The van der Waals surface area contributed by atoms with E-state index < -0.39 is 5.25 Å². The van der Waals surface area contributed by atoms with Crippen LogP contribution in [0.3, 0.4) is 0 Å². The van der Waals surface area contributed by atoms with Crippen molar-refractivity contribution in [2.75, 3.05) is 5.84 Å². The number of nitrogens with one attached hydrogen (secondary N) is 1. The van der Waals surface area contributed by atoms with Crippen molar-refractivity contribution in [3.8, 4) is 5.75 Å². The number of thioether (sulfide) groups is 1. The van der Waals surface area contributed by atoms with Crippen LogP contribution in [-0.2, 0) is 11.4 Å². The highest BCUT2D eigenvalue weighted by molar-refractivity contribution is 8.00. The van der Waals surface area contributed by atoms with E-state index in [1.807, 2.05) is 62.4 Å². The molecule has 156 valence electrons. The number of benzene rings is 2. The van der Waals surface area contributed by atoms with E-state index in [1.54, 1.807) is 0 Å². The van der Waals surface area contributed by atoms with Gasteiger partial charge in [-0.05, 0) is 43.4 Å². The first-order valence-corrected chi connectivity index (χ1v) is 10.8. The molecule has 4 rings (SSSR count). The van der Waals surface area contributed by atoms with E-state index in [2.05, 4.69) is 15.5 Å². The van der Waals surface area contributed by atoms with Crippen LogP contribution in [0.25, 0.3) is 0 Å². The molecule has 1 aliphatic carbocycles. The fourth-order valence-electron chi connectivity index (χ4n) is 3.16. The van der Waals surface area contributed by atoms with Gasteiger partial charge in [-0.25, -0.2) is 4.68 Å². The Hall–Kier alpha value is -3.00. The van der Waals surface area contributed by atoms with E-state index in [9.17, 15) is 4.79 Å². The minimum atomic E-state index is -0.453. The smallest absolute Gasteiger partial charge is 0.238 e. The molecule has 0 saturated heterocycles. The Morgan fingerprint density at radius 2 is 1.87 bits per heavy atom. The third kappa shape index (κ3) is 4.59. The maximum absolute atomic E-state index is 12.8. The van der Waals surface area contributed by atoms with Gasteiger partial charge in [-0.3, -0.25) is 4.79 Å². The summed E-state index contributed by atoms with van der Waals surface area (Å²) in [6, 6.07) is 15.9. The molecule has 3 N–H and O–H groups in total.